The number of ether oxygens (including phenoxy) is 1. The highest BCUT2D eigenvalue weighted by molar-refractivity contribution is 7.89. The molecule has 0 aromatic heterocycles. The van der Waals surface area contributed by atoms with Crippen molar-refractivity contribution >= 4 is 22.0 Å². The Kier molecular flexibility index (Phi) is 5.47. The van der Waals surface area contributed by atoms with Crippen LogP contribution in [0.3, 0.4) is 0 Å². The molecule has 1 saturated heterocycles. The maximum absolute atomic E-state index is 12.8. The first-order valence-corrected chi connectivity index (χ1v) is 10.2. The zero-order valence-corrected chi connectivity index (χ0v) is 15.7. The van der Waals surface area contributed by atoms with E-state index in [9.17, 15) is 18.0 Å². The van der Waals surface area contributed by atoms with Crippen molar-refractivity contribution in [3.63, 3.8) is 0 Å². The predicted molar refractivity (Wildman–Crippen MR) is 89.8 cm³/mol. The van der Waals surface area contributed by atoms with Crippen LogP contribution in [0.4, 0.5) is 4.79 Å². The second kappa shape index (κ2) is 6.90. The number of amides is 2. The summed E-state index contributed by atoms with van der Waals surface area (Å²) < 4.78 is 31.0. The normalized spacial score (nSPS) is 23.0. The molecule has 2 amide bonds. The van der Waals surface area contributed by atoms with Crippen LogP contribution in [-0.2, 0) is 19.6 Å². The molecule has 0 aromatic rings. The van der Waals surface area contributed by atoms with Crippen LogP contribution in [0.5, 0.6) is 0 Å². The number of rotatable bonds is 4. The fourth-order valence-corrected chi connectivity index (χ4v) is 5.77. The molecule has 2 rings (SSSR count). The van der Waals surface area contributed by atoms with Crippen molar-refractivity contribution in [1.29, 1.82) is 0 Å². The highest BCUT2D eigenvalue weighted by atomic mass is 32.2. The van der Waals surface area contributed by atoms with Crippen molar-refractivity contribution < 1.29 is 22.7 Å². The molecule has 1 atom stereocenters. The summed E-state index contributed by atoms with van der Waals surface area (Å²) in [5, 5.41) is 2.52. The maximum atomic E-state index is 12.8. The molecule has 1 aliphatic carbocycles. The molecule has 0 bridgehead atoms. The summed E-state index contributed by atoms with van der Waals surface area (Å²) >= 11 is 0. The Balaban J connectivity index is 2.15. The second-order valence-electron chi connectivity index (χ2n) is 7.63. The molecular weight excluding hydrogens is 332 g/mol. The first-order chi connectivity index (χ1) is 11.1. The molecule has 2 fully saturated rings. The topological polar surface area (TPSA) is 92.8 Å². The smallest absolute Gasteiger partial charge is 0.408 e. The number of alkyl carbamates (subject to hydrolysis) is 1. The van der Waals surface area contributed by atoms with Gasteiger partial charge in [0.25, 0.3) is 5.91 Å². The molecule has 2 aliphatic rings. The van der Waals surface area contributed by atoms with Crippen molar-refractivity contribution in [2.45, 2.75) is 65.5 Å². The Bertz CT molecular complexity index is 594. The highest BCUT2D eigenvalue weighted by Gasteiger charge is 2.51. The largest absolute Gasteiger partial charge is 0.447 e. The zero-order valence-electron chi connectivity index (χ0n) is 14.9. The number of carbonyl (C=O) groups excluding carboxylic acids is 2. The third-order valence-electron chi connectivity index (χ3n) is 4.76. The molecule has 1 spiro atoms. The molecule has 8 heteroatoms. The number of nitrogens with one attached hydrogen (secondary N) is 1. The highest BCUT2D eigenvalue weighted by Crippen LogP contribution is 2.45. The Hall–Kier alpha value is -1.31. The van der Waals surface area contributed by atoms with Crippen molar-refractivity contribution in [3.05, 3.63) is 0 Å². The van der Waals surface area contributed by atoms with Crippen molar-refractivity contribution in [2.24, 2.45) is 11.3 Å². The monoisotopic (exact) mass is 360 g/mol. The Morgan fingerprint density at radius 1 is 1.12 bits per heavy atom. The lowest BCUT2D eigenvalue weighted by Gasteiger charge is -2.27. The van der Waals surface area contributed by atoms with Gasteiger partial charge in [0.1, 0.15) is 6.04 Å². The number of nitrogens with zero attached hydrogens (tertiary/aromatic N) is 1. The van der Waals surface area contributed by atoms with E-state index in [0.29, 0.717) is 0 Å². The van der Waals surface area contributed by atoms with Crippen molar-refractivity contribution in [3.8, 4) is 0 Å². The molecule has 0 radical (unpaired) electrons. The van der Waals surface area contributed by atoms with Crippen LogP contribution in [0.15, 0.2) is 0 Å². The predicted octanol–water partition coefficient (Wildman–Crippen LogP) is 1.88. The van der Waals surface area contributed by atoms with Gasteiger partial charge in [0.2, 0.25) is 10.0 Å². The van der Waals surface area contributed by atoms with Gasteiger partial charge in [-0.15, -0.1) is 0 Å². The minimum Gasteiger partial charge on any atom is -0.447 e. The van der Waals surface area contributed by atoms with Crippen molar-refractivity contribution in [2.75, 3.05) is 12.3 Å². The summed E-state index contributed by atoms with van der Waals surface area (Å²) in [6, 6.07) is -0.914. The van der Waals surface area contributed by atoms with E-state index in [-0.39, 0.29) is 29.7 Å². The van der Waals surface area contributed by atoms with E-state index < -0.39 is 28.1 Å². The molecule has 1 N–H and O–H groups in total. The molecule has 7 nitrogen and oxygen atoms in total. The van der Waals surface area contributed by atoms with E-state index in [1.807, 2.05) is 0 Å². The minimum absolute atomic E-state index is 0.0347. The molecule has 0 unspecified atom stereocenters. The molecule has 1 heterocycles. The number of hydrogen-bond donors (Lipinski definition) is 1. The molecule has 1 aliphatic heterocycles. The lowest BCUT2D eigenvalue weighted by Crippen LogP contribution is -2.52. The van der Waals surface area contributed by atoms with Gasteiger partial charge in [-0.2, -0.15) is 0 Å². The van der Waals surface area contributed by atoms with E-state index in [4.69, 9.17) is 4.74 Å². The average molecular weight is 360 g/mol. The van der Waals surface area contributed by atoms with Crippen LogP contribution in [0.1, 0.15) is 53.4 Å². The lowest BCUT2D eigenvalue weighted by atomic mass is 9.88. The lowest BCUT2D eigenvalue weighted by molar-refractivity contribution is -0.130. The van der Waals surface area contributed by atoms with E-state index in [1.54, 1.807) is 27.7 Å². The third kappa shape index (κ3) is 4.02. The first kappa shape index (κ1) is 19.0. The molecule has 1 saturated carbocycles. The van der Waals surface area contributed by atoms with Crippen LogP contribution < -0.4 is 5.32 Å². The van der Waals surface area contributed by atoms with E-state index in [1.165, 1.54) is 0 Å². The van der Waals surface area contributed by atoms with Gasteiger partial charge in [0, 0.05) is 12.0 Å². The summed E-state index contributed by atoms with van der Waals surface area (Å²) in [4.78, 5) is 24.7. The molecule has 0 aromatic carbocycles. The van der Waals surface area contributed by atoms with Crippen LogP contribution in [-0.4, -0.2) is 49.2 Å². The van der Waals surface area contributed by atoms with Gasteiger partial charge >= 0.3 is 6.09 Å². The maximum Gasteiger partial charge on any atom is 0.408 e. The minimum atomic E-state index is -3.62. The van der Waals surface area contributed by atoms with Crippen LogP contribution in [0, 0.1) is 11.3 Å². The average Bonchev–Trinajstić information content (AvgIpc) is 2.98. The number of carbonyl (C=O) groups is 2. The number of sulfonamides is 1. The summed E-state index contributed by atoms with van der Waals surface area (Å²) in [5.41, 5.74) is -0.297. The SMILES string of the molecule is CC(C)OC(=O)N[C@H](C(=O)N1CC2(CCCC2)CS1(=O)=O)C(C)C. The van der Waals surface area contributed by atoms with Gasteiger partial charge in [0.05, 0.1) is 11.9 Å². The Morgan fingerprint density at radius 2 is 1.71 bits per heavy atom. The van der Waals surface area contributed by atoms with Crippen LogP contribution >= 0.6 is 0 Å². The fourth-order valence-electron chi connectivity index (χ4n) is 3.60. The Morgan fingerprint density at radius 3 is 2.21 bits per heavy atom. The van der Waals surface area contributed by atoms with Crippen LogP contribution in [0.2, 0.25) is 0 Å². The van der Waals surface area contributed by atoms with Gasteiger partial charge in [-0.3, -0.25) is 4.79 Å². The van der Waals surface area contributed by atoms with Gasteiger partial charge in [0.15, 0.2) is 0 Å². The van der Waals surface area contributed by atoms with E-state index in [2.05, 4.69) is 5.32 Å². The van der Waals surface area contributed by atoms with E-state index >= 15 is 0 Å². The molecule has 138 valence electrons. The molecule has 24 heavy (non-hydrogen) atoms. The molecular formula is C16H28N2O5S. The van der Waals surface area contributed by atoms with Crippen molar-refractivity contribution in [1.82, 2.24) is 9.62 Å². The third-order valence-corrected chi connectivity index (χ3v) is 6.72. The summed E-state index contributed by atoms with van der Waals surface area (Å²) in [5.74, 6) is -0.769. The Labute approximate surface area is 144 Å². The summed E-state index contributed by atoms with van der Waals surface area (Å²) in [6.07, 6.45) is 2.67. The van der Waals surface area contributed by atoms with E-state index in [0.717, 1.165) is 30.0 Å². The van der Waals surface area contributed by atoms with Gasteiger partial charge < -0.3 is 10.1 Å². The second-order valence-corrected chi connectivity index (χ2v) is 9.52. The zero-order chi connectivity index (χ0) is 18.1. The van der Waals surface area contributed by atoms with Gasteiger partial charge in [-0.25, -0.2) is 17.5 Å². The standard InChI is InChI=1S/C16H28N2O5S/c1-11(2)13(17-15(20)23-12(3)4)14(19)18-9-16(7-5-6-8-16)10-24(18,21)22/h11-13H,5-10H2,1-4H3,(H,17,20)/t13-/m0/s1. The quantitative estimate of drug-likeness (QED) is 0.826. The van der Waals surface area contributed by atoms with Gasteiger partial charge in [-0.1, -0.05) is 26.7 Å². The number of hydrogen-bond acceptors (Lipinski definition) is 5. The fraction of sp³-hybridized carbons (Fsp3) is 0.875. The van der Waals surface area contributed by atoms with Crippen LogP contribution in [0.25, 0.3) is 0 Å². The first-order valence-electron chi connectivity index (χ1n) is 8.58. The summed E-state index contributed by atoms with van der Waals surface area (Å²) in [7, 11) is -3.62. The van der Waals surface area contributed by atoms with Gasteiger partial charge in [-0.05, 0) is 32.6 Å². The summed E-state index contributed by atoms with van der Waals surface area (Å²) in [6.45, 7) is 7.19.